The van der Waals surface area contributed by atoms with Crippen molar-refractivity contribution >= 4 is 12.0 Å². The number of unbranched alkanes of at least 4 members (excludes halogenated alkanes) is 7. The average Bonchev–Trinajstić information content (AvgIpc) is 2.61. The third kappa shape index (κ3) is 7.37. The van der Waals surface area contributed by atoms with Crippen LogP contribution < -0.4 is 9.64 Å². The molecule has 0 saturated carbocycles. The summed E-state index contributed by atoms with van der Waals surface area (Å²) in [4.78, 5) is 13.5. The van der Waals surface area contributed by atoms with E-state index in [1.807, 2.05) is 18.2 Å². The van der Waals surface area contributed by atoms with E-state index in [0.29, 0.717) is 12.2 Å². The number of nitrogens with zero attached hydrogens (tertiary/aromatic N) is 1. The summed E-state index contributed by atoms with van der Waals surface area (Å²) < 4.78 is 5.90. The molecule has 0 saturated heterocycles. The number of anilines is 1. The fourth-order valence-corrected chi connectivity index (χ4v) is 2.95. The van der Waals surface area contributed by atoms with E-state index >= 15 is 0 Å². The van der Waals surface area contributed by atoms with Crippen molar-refractivity contribution in [3.63, 3.8) is 0 Å². The highest BCUT2D eigenvalue weighted by atomic mass is 16.5. The first-order chi connectivity index (χ1) is 11.8. The average molecular weight is 334 g/mol. The van der Waals surface area contributed by atoms with Crippen LogP contribution in [0.1, 0.15) is 82.5 Å². The van der Waals surface area contributed by atoms with Crippen LogP contribution >= 0.6 is 0 Å². The van der Waals surface area contributed by atoms with E-state index in [1.165, 1.54) is 44.9 Å². The van der Waals surface area contributed by atoms with E-state index in [1.54, 1.807) is 0 Å². The van der Waals surface area contributed by atoms with Gasteiger partial charge in [0.2, 0.25) is 0 Å². The molecule has 0 aromatic heterocycles. The molecule has 1 rings (SSSR count). The van der Waals surface area contributed by atoms with Crippen molar-refractivity contribution < 1.29 is 9.53 Å². The Bertz CT molecular complexity index is 455. The van der Waals surface area contributed by atoms with E-state index in [9.17, 15) is 4.79 Å². The van der Waals surface area contributed by atoms with Crippen LogP contribution in [-0.2, 0) is 0 Å². The second-order valence-corrected chi connectivity index (χ2v) is 6.34. The molecule has 0 spiro atoms. The summed E-state index contributed by atoms with van der Waals surface area (Å²) in [6.45, 7) is 9.12. The molecule has 0 atom stereocenters. The molecule has 0 aliphatic rings. The van der Waals surface area contributed by atoms with E-state index in [2.05, 4.69) is 25.7 Å². The summed E-state index contributed by atoms with van der Waals surface area (Å²) in [5, 5.41) is 0. The molecular weight excluding hydrogens is 298 g/mol. The smallest absolute Gasteiger partial charge is 0.153 e. The lowest BCUT2D eigenvalue weighted by atomic mass is 10.1. The van der Waals surface area contributed by atoms with Gasteiger partial charge >= 0.3 is 0 Å². The lowest BCUT2D eigenvalue weighted by molar-refractivity contribution is 0.111. The van der Waals surface area contributed by atoms with Gasteiger partial charge in [-0.2, -0.15) is 0 Å². The first kappa shape index (κ1) is 20.5. The summed E-state index contributed by atoms with van der Waals surface area (Å²) in [5.41, 5.74) is 1.77. The van der Waals surface area contributed by atoms with Gasteiger partial charge in [-0.05, 0) is 32.4 Å². The molecule has 0 amide bonds. The maximum Gasteiger partial charge on any atom is 0.153 e. The van der Waals surface area contributed by atoms with Crippen molar-refractivity contribution in [3.8, 4) is 5.75 Å². The van der Waals surface area contributed by atoms with Gasteiger partial charge in [0.1, 0.15) is 5.75 Å². The van der Waals surface area contributed by atoms with Gasteiger partial charge in [-0.25, -0.2) is 0 Å². The predicted molar refractivity (Wildman–Crippen MR) is 103 cm³/mol. The highest BCUT2D eigenvalue weighted by Gasteiger charge is 2.08. The molecule has 3 nitrogen and oxygen atoms in total. The van der Waals surface area contributed by atoms with Crippen molar-refractivity contribution in [3.05, 3.63) is 23.8 Å². The standard InChI is InChI=1S/C21H35NO2/c1-4-7-8-9-10-11-12-13-16-24-21-17-20(22(5-2)6-3)15-14-19(21)18-23/h14-15,17-18H,4-13,16H2,1-3H3. The number of aldehydes is 1. The lowest BCUT2D eigenvalue weighted by Gasteiger charge is -2.22. The molecular formula is C21H35NO2. The Morgan fingerprint density at radius 1 is 0.917 bits per heavy atom. The van der Waals surface area contributed by atoms with Gasteiger partial charge in [0.15, 0.2) is 6.29 Å². The van der Waals surface area contributed by atoms with Crippen LogP contribution in [0.4, 0.5) is 5.69 Å². The molecule has 0 N–H and O–H groups in total. The Kier molecular flexibility index (Phi) is 11.0. The van der Waals surface area contributed by atoms with E-state index < -0.39 is 0 Å². The number of carbonyl (C=O) groups is 1. The highest BCUT2D eigenvalue weighted by molar-refractivity contribution is 5.80. The van der Waals surface area contributed by atoms with Crippen LogP contribution in [0.3, 0.4) is 0 Å². The Balaban J connectivity index is 2.37. The predicted octanol–water partition coefficient (Wildman–Crippen LogP) is 5.86. The van der Waals surface area contributed by atoms with Crippen LogP contribution in [-0.4, -0.2) is 26.0 Å². The Labute approximate surface area is 148 Å². The maximum absolute atomic E-state index is 11.2. The van der Waals surface area contributed by atoms with E-state index in [0.717, 1.165) is 37.2 Å². The van der Waals surface area contributed by atoms with Gasteiger partial charge in [-0.1, -0.05) is 51.9 Å². The molecule has 0 bridgehead atoms. The molecule has 1 aromatic rings. The maximum atomic E-state index is 11.2. The zero-order chi connectivity index (χ0) is 17.6. The molecule has 0 aliphatic heterocycles. The minimum Gasteiger partial charge on any atom is -0.493 e. The fraction of sp³-hybridized carbons (Fsp3) is 0.667. The number of ether oxygens (including phenoxy) is 1. The van der Waals surface area contributed by atoms with Gasteiger partial charge in [-0.3, -0.25) is 4.79 Å². The largest absolute Gasteiger partial charge is 0.493 e. The second kappa shape index (κ2) is 12.9. The summed E-state index contributed by atoms with van der Waals surface area (Å²) in [5.74, 6) is 0.720. The number of hydrogen-bond donors (Lipinski definition) is 0. The van der Waals surface area contributed by atoms with Crippen molar-refractivity contribution in [2.75, 3.05) is 24.6 Å². The highest BCUT2D eigenvalue weighted by Crippen LogP contribution is 2.25. The van der Waals surface area contributed by atoms with Crippen LogP contribution in [0, 0.1) is 0 Å². The van der Waals surface area contributed by atoms with E-state index in [4.69, 9.17) is 4.74 Å². The lowest BCUT2D eigenvalue weighted by Crippen LogP contribution is -2.21. The van der Waals surface area contributed by atoms with Crippen molar-refractivity contribution in [1.29, 1.82) is 0 Å². The summed E-state index contributed by atoms with van der Waals surface area (Å²) in [6, 6.07) is 5.87. The van der Waals surface area contributed by atoms with Gasteiger partial charge in [0.25, 0.3) is 0 Å². The normalized spacial score (nSPS) is 10.6. The quantitative estimate of drug-likeness (QED) is 0.315. The minimum absolute atomic E-state index is 0.644. The molecule has 0 aliphatic carbocycles. The van der Waals surface area contributed by atoms with Crippen LogP contribution in [0.15, 0.2) is 18.2 Å². The zero-order valence-electron chi connectivity index (χ0n) is 15.9. The third-order valence-electron chi connectivity index (χ3n) is 4.51. The fourth-order valence-electron chi connectivity index (χ4n) is 2.95. The monoisotopic (exact) mass is 333 g/mol. The van der Waals surface area contributed by atoms with Gasteiger partial charge in [0, 0.05) is 24.8 Å². The summed E-state index contributed by atoms with van der Waals surface area (Å²) in [7, 11) is 0. The second-order valence-electron chi connectivity index (χ2n) is 6.34. The first-order valence-corrected chi connectivity index (χ1v) is 9.73. The molecule has 24 heavy (non-hydrogen) atoms. The number of hydrogen-bond acceptors (Lipinski definition) is 3. The van der Waals surface area contributed by atoms with Gasteiger partial charge in [0.05, 0.1) is 12.2 Å². The molecule has 0 radical (unpaired) electrons. The Morgan fingerprint density at radius 2 is 1.54 bits per heavy atom. The number of rotatable bonds is 14. The van der Waals surface area contributed by atoms with Gasteiger partial charge < -0.3 is 9.64 Å². The number of benzene rings is 1. The molecule has 0 unspecified atom stereocenters. The molecule has 0 fully saturated rings. The van der Waals surface area contributed by atoms with Crippen LogP contribution in [0.5, 0.6) is 5.75 Å². The topological polar surface area (TPSA) is 29.5 Å². The van der Waals surface area contributed by atoms with E-state index in [-0.39, 0.29) is 0 Å². The summed E-state index contributed by atoms with van der Waals surface area (Å²) in [6.07, 6.45) is 11.2. The van der Waals surface area contributed by atoms with Crippen LogP contribution in [0.25, 0.3) is 0 Å². The molecule has 3 heteroatoms. The summed E-state index contributed by atoms with van der Waals surface area (Å²) >= 11 is 0. The van der Waals surface area contributed by atoms with Crippen molar-refractivity contribution in [2.24, 2.45) is 0 Å². The number of carbonyl (C=O) groups excluding carboxylic acids is 1. The van der Waals surface area contributed by atoms with Gasteiger partial charge in [-0.15, -0.1) is 0 Å². The molecule has 0 heterocycles. The Hall–Kier alpha value is -1.51. The minimum atomic E-state index is 0.644. The van der Waals surface area contributed by atoms with Crippen molar-refractivity contribution in [1.82, 2.24) is 0 Å². The molecule has 136 valence electrons. The Morgan fingerprint density at radius 3 is 2.12 bits per heavy atom. The van der Waals surface area contributed by atoms with Crippen LogP contribution in [0.2, 0.25) is 0 Å². The molecule has 1 aromatic carbocycles. The van der Waals surface area contributed by atoms with Crippen molar-refractivity contribution in [2.45, 2.75) is 72.1 Å². The first-order valence-electron chi connectivity index (χ1n) is 9.73. The SMILES string of the molecule is CCCCCCCCCCOc1cc(N(CC)CC)ccc1C=O. The third-order valence-corrected chi connectivity index (χ3v) is 4.51. The zero-order valence-corrected chi connectivity index (χ0v) is 15.9.